The van der Waals surface area contributed by atoms with E-state index >= 15 is 0 Å². The molecule has 3 rings (SSSR count). The topological polar surface area (TPSA) is 64.1 Å². The number of hydrogen-bond acceptors (Lipinski definition) is 7. The van der Waals surface area contributed by atoms with E-state index in [9.17, 15) is 4.79 Å². The van der Waals surface area contributed by atoms with E-state index in [0.717, 1.165) is 20.6 Å². The predicted octanol–water partition coefficient (Wildman–Crippen LogP) is 4.53. The van der Waals surface area contributed by atoms with Crippen LogP contribution in [0.5, 0.6) is 0 Å². The van der Waals surface area contributed by atoms with Crippen molar-refractivity contribution >= 4 is 40.0 Å². The number of ether oxygens (including phenoxy) is 1. The quantitative estimate of drug-likeness (QED) is 0.677. The summed E-state index contributed by atoms with van der Waals surface area (Å²) in [4.78, 5) is 22.4. The Hall–Kier alpha value is -2.38. The number of methoxy groups -OCH3 is 1. The van der Waals surface area contributed by atoms with Crippen LogP contribution in [0.4, 0.5) is 10.9 Å². The summed E-state index contributed by atoms with van der Waals surface area (Å²) < 4.78 is 4.85. The van der Waals surface area contributed by atoms with Crippen molar-refractivity contribution in [1.82, 2.24) is 9.97 Å². The molecule has 0 saturated carbocycles. The van der Waals surface area contributed by atoms with Crippen LogP contribution in [-0.2, 0) is 4.74 Å². The van der Waals surface area contributed by atoms with E-state index in [2.05, 4.69) is 15.3 Å². The SMILES string of the molecule is COC(=O)c1ccccc1Sc1cccnc1Nc1nc(C)cs1. The average molecular weight is 357 g/mol. The Labute approximate surface area is 148 Å². The zero-order valence-electron chi connectivity index (χ0n) is 13.1. The molecule has 0 bridgehead atoms. The maximum atomic E-state index is 11.9. The Morgan fingerprint density at radius 2 is 2.00 bits per heavy atom. The number of carbonyl (C=O) groups excluding carboxylic acids is 1. The van der Waals surface area contributed by atoms with Gasteiger partial charge in [-0.2, -0.15) is 0 Å². The largest absolute Gasteiger partial charge is 0.465 e. The van der Waals surface area contributed by atoms with Gasteiger partial charge in [0, 0.05) is 16.5 Å². The molecule has 0 aliphatic rings. The van der Waals surface area contributed by atoms with Crippen LogP contribution in [0.25, 0.3) is 0 Å². The van der Waals surface area contributed by atoms with Crippen LogP contribution in [-0.4, -0.2) is 23.0 Å². The van der Waals surface area contributed by atoms with Gasteiger partial charge >= 0.3 is 5.97 Å². The minimum absolute atomic E-state index is 0.355. The highest BCUT2D eigenvalue weighted by Gasteiger charge is 2.14. The van der Waals surface area contributed by atoms with Crippen molar-refractivity contribution in [2.45, 2.75) is 16.7 Å². The Bertz CT molecular complexity index is 864. The summed E-state index contributed by atoms with van der Waals surface area (Å²) in [5, 5.41) is 6.00. The van der Waals surface area contributed by atoms with Crippen molar-refractivity contribution in [3.63, 3.8) is 0 Å². The Morgan fingerprint density at radius 1 is 1.21 bits per heavy atom. The molecule has 0 fully saturated rings. The van der Waals surface area contributed by atoms with Crippen LogP contribution in [0.1, 0.15) is 16.1 Å². The molecule has 5 nitrogen and oxygen atoms in total. The molecule has 0 amide bonds. The van der Waals surface area contributed by atoms with Gasteiger partial charge in [-0.1, -0.05) is 23.9 Å². The summed E-state index contributed by atoms with van der Waals surface area (Å²) in [5.74, 6) is 0.351. The lowest BCUT2D eigenvalue weighted by Crippen LogP contribution is -2.03. The molecule has 0 radical (unpaired) electrons. The normalized spacial score (nSPS) is 10.4. The first-order chi connectivity index (χ1) is 11.7. The molecule has 7 heteroatoms. The van der Waals surface area contributed by atoms with E-state index in [-0.39, 0.29) is 5.97 Å². The highest BCUT2D eigenvalue weighted by atomic mass is 32.2. The van der Waals surface area contributed by atoms with Crippen LogP contribution >= 0.6 is 23.1 Å². The fourth-order valence-corrected chi connectivity index (χ4v) is 3.71. The molecule has 3 aromatic rings. The maximum absolute atomic E-state index is 11.9. The summed E-state index contributed by atoms with van der Waals surface area (Å²) in [6, 6.07) is 11.2. The summed E-state index contributed by atoms with van der Waals surface area (Å²) in [6.07, 6.45) is 1.72. The lowest BCUT2D eigenvalue weighted by Gasteiger charge is -2.10. The summed E-state index contributed by atoms with van der Waals surface area (Å²) >= 11 is 2.99. The number of benzene rings is 1. The van der Waals surface area contributed by atoms with Gasteiger partial charge in [-0.25, -0.2) is 14.8 Å². The Balaban J connectivity index is 1.90. The lowest BCUT2D eigenvalue weighted by atomic mass is 10.2. The molecule has 0 atom stereocenters. The number of aryl methyl sites for hydroxylation is 1. The fraction of sp³-hybridized carbons (Fsp3) is 0.118. The van der Waals surface area contributed by atoms with E-state index in [1.165, 1.54) is 30.2 Å². The number of esters is 1. The van der Waals surface area contributed by atoms with E-state index in [1.807, 2.05) is 42.6 Å². The molecule has 122 valence electrons. The first-order valence-electron chi connectivity index (χ1n) is 7.16. The summed E-state index contributed by atoms with van der Waals surface area (Å²) in [5.41, 5.74) is 1.49. The second-order valence-electron chi connectivity index (χ2n) is 4.86. The zero-order chi connectivity index (χ0) is 16.9. The van der Waals surface area contributed by atoms with Crippen molar-refractivity contribution in [2.24, 2.45) is 0 Å². The van der Waals surface area contributed by atoms with E-state index in [1.54, 1.807) is 12.3 Å². The van der Waals surface area contributed by atoms with E-state index in [0.29, 0.717) is 11.4 Å². The van der Waals surface area contributed by atoms with Crippen molar-refractivity contribution in [1.29, 1.82) is 0 Å². The number of nitrogens with one attached hydrogen (secondary N) is 1. The Morgan fingerprint density at radius 3 is 2.75 bits per heavy atom. The van der Waals surface area contributed by atoms with Crippen LogP contribution in [0.3, 0.4) is 0 Å². The number of rotatable bonds is 5. The average Bonchev–Trinajstić information content (AvgIpc) is 3.01. The van der Waals surface area contributed by atoms with Gasteiger partial charge in [0.1, 0.15) is 5.82 Å². The van der Waals surface area contributed by atoms with Crippen LogP contribution in [0, 0.1) is 6.92 Å². The van der Waals surface area contributed by atoms with Crippen LogP contribution in [0.2, 0.25) is 0 Å². The summed E-state index contributed by atoms with van der Waals surface area (Å²) in [7, 11) is 1.38. The molecule has 0 aliphatic heterocycles. The zero-order valence-corrected chi connectivity index (χ0v) is 14.8. The first-order valence-corrected chi connectivity index (χ1v) is 8.86. The van der Waals surface area contributed by atoms with Gasteiger partial charge in [0.25, 0.3) is 0 Å². The third kappa shape index (κ3) is 3.74. The minimum Gasteiger partial charge on any atom is -0.465 e. The third-order valence-corrected chi connectivity index (χ3v) is 5.13. The number of aromatic nitrogens is 2. The molecule has 24 heavy (non-hydrogen) atoms. The van der Waals surface area contributed by atoms with Gasteiger partial charge in [0.15, 0.2) is 5.13 Å². The molecule has 2 heterocycles. The molecule has 0 spiro atoms. The van der Waals surface area contributed by atoms with E-state index in [4.69, 9.17) is 4.74 Å². The predicted molar refractivity (Wildman–Crippen MR) is 96.3 cm³/mol. The summed E-state index contributed by atoms with van der Waals surface area (Å²) in [6.45, 7) is 1.95. The number of pyridine rings is 1. The second kappa shape index (κ2) is 7.46. The number of nitrogens with zero attached hydrogens (tertiary/aromatic N) is 2. The number of anilines is 2. The molecule has 1 N–H and O–H groups in total. The molecular weight excluding hydrogens is 342 g/mol. The van der Waals surface area contributed by atoms with Gasteiger partial charge in [-0.05, 0) is 31.2 Å². The van der Waals surface area contributed by atoms with Gasteiger partial charge < -0.3 is 10.1 Å². The molecule has 1 aromatic carbocycles. The van der Waals surface area contributed by atoms with Gasteiger partial charge in [-0.15, -0.1) is 11.3 Å². The highest BCUT2D eigenvalue weighted by molar-refractivity contribution is 7.99. The Kier molecular flexibility index (Phi) is 5.12. The van der Waals surface area contributed by atoms with Gasteiger partial charge in [0.05, 0.1) is 23.3 Å². The molecule has 0 unspecified atom stereocenters. The molecule has 2 aromatic heterocycles. The van der Waals surface area contributed by atoms with Gasteiger partial charge in [-0.3, -0.25) is 0 Å². The van der Waals surface area contributed by atoms with Crippen LogP contribution < -0.4 is 5.32 Å². The number of carbonyl (C=O) groups is 1. The standard InChI is InChI=1S/C17H15N3O2S2/c1-11-10-23-17(19-11)20-15-14(8-5-9-18-15)24-13-7-4-3-6-12(13)16(21)22-2/h3-10H,1-2H3,(H,18,19,20). The minimum atomic E-state index is -0.355. The number of hydrogen-bond donors (Lipinski definition) is 1. The van der Waals surface area contributed by atoms with Crippen molar-refractivity contribution < 1.29 is 9.53 Å². The maximum Gasteiger partial charge on any atom is 0.339 e. The van der Waals surface area contributed by atoms with Crippen molar-refractivity contribution in [3.8, 4) is 0 Å². The fourth-order valence-electron chi connectivity index (χ4n) is 2.03. The highest BCUT2D eigenvalue weighted by Crippen LogP contribution is 2.35. The van der Waals surface area contributed by atoms with Crippen LogP contribution in [0.15, 0.2) is 57.8 Å². The second-order valence-corrected chi connectivity index (χ2v) is 6.80. The molecule has 0 saturated heterocycles. The number of thiazole rings is 1. The van der Waals surface area contributed by atoms with Crippen molar-refractivity contribution in [2.75, 3.05) is 12.4 Å². The smallest absolute Gasteiger partial charge is 0.339 e. The van der Waals surface area contributed by atoms with E-state index < -0.39 is 0 Å². The molecular formula is C17H15N3O2S2. The third-order valence-electron chi connectivity index (χ3n) is 3.13. The van der Waals surface area contributed by atoms with Crippen molar-refractivity contribution in [3.05, 3.63) is 59.2 Å². The lowest BCUT2D eigenvalue weighted by molar-refractivity contribution is 0.0597. The monoisotopic (exact) mass is 357 g/mol. The van der Waals surface area contributed by atoms with Gasteiger partial charge in [0.2, 0.25) is 0 Å². The molecule has 0 aliphatic carbocycles. The first kappa shape index (κ1) is 16.5.